The van der Waals surface area contributed by atoms with Crippen LogP contribution in [0.4, 0.5) is 0 Å². The maximum Gasteiger partial charge on any atom is 0.251 e. The second-order valence-corrected chi connectivity index (χ2v) is 2.98. The standard InChI is InChI=1S/C11H15NO3/c1-14-8-7-12-11(13)9-3-5-10(15-2)6-4-9/h3-6H,7-8H2,1-2H3,(H,12,13). The Morgan fingerprint density at radius 3 is 2.47 bits per heavy atom. The molecule has 15 heavy (non-hydrogen) atoms. The first-order valence-electron chi connectivity index (χ1n) is 4.69. The predicted octanol–water partition coefficient (Wildman–Crippen LogP) is 1.07. The molecule has 0 heterocycles. The lowest BCUT2D eigenvalue weighted by Crippen LogP contribution is -2.26. The van der Waals surface area contributed by atoms with Crippen molar-refractivity contribution < 1.29 is 14.3 Å². The highest BCUT2D eigenvalue weighted by Gasteiger charge is 2.03. The highest BCUT2D eigenvalue weighted by atomic mass is 16.5. The van der Waals surface area contributed by atoms with Crippen LogP contribution in [0.1, 0.15) is 10.4 Å². The molecule has 0 saturated heterocycles. The van der Waals surface area contributed by atoms with Gasteiger partial charge in [0, 0.05) is 19.2 Å². The third-order valence-corrected chi connectivity index (χ3v) is 1.94. The van der Waals surface area contributed by atoms with Gasteiger partial charge >= 0.3 is 0 Å². The van der Waals surface area contributed by atoms with Gasteiger partial charge in [0.15, 0.2) is 0 Å². The maximum atomic E-state index is 11.5. The van der Waals surface area contributed by atoms with Crippen molar-refractivity contribution in [1.82, 2.24) is 5.32 Å². The van der Waals surface area contributed by atoms with Gasteiger partial charge in [0.1, 0.15) is 5.75 Å². The van der Waals surface area contributed by atoms with Crippen molar-refractivity contribution in [3.63, 3.8) is 0 Å². The number of methoxy groups -OCH3 is 2. The van der Waals surface area contributed by atoms with Crippen molar-refractivity contribution >= 4 is 5.91 Å². The van der Waals surface area contributed by atoms with E-state index >= 15 is 0 Å². The number of hydrogen-bond donors (Lipinski definition) is 1. The van der Waals surface area contributed by atoms with Gasteiger partial charge in [-0.05, 0) is 24.3 Å². The number of nitrogens with one attached hydrogen (secondary N) is 1. The Labute approximate surface area is 89.2 Å². The fraction of sp³-hybridized carbons (Fsp3) is 0.364. The SMILES string of the molecule is COCCNC(=O)c1ccc(OC)cc1. The molecular weight excluding hydrogens is 194 g/mol. The van der Waals surface area contributed by atoms with Crippen LogP contribution in [0.3, 0.4) is 0 Å². The highest BCUT2D eigenvalue weighted by Crippen LogP contribution is 2.10. The van der Waals surface area contributed by atoms with E-state index in [0.717, 1.165) is 5.75 Å². The van der Waals surface area contributed by atoms with Crippen LogP contribution >= 0.6 is 0 Å². The number of carbonyl (C=O) groups is 1. The van der Waals surface area contributed by atoms with Gasteiger partial charge in [-0.15, -0.1) is 0 Å². The van der Waals surface area contributed by atoms with E-state index in [-0.39, 0.29) is 5.91 Å². The maximum absolute atomic E-state index is 11.5. The van der Waals surface area contributed by atoms with Crippen LogP contribution in [-0.4, -0.2) is 33.3 Å². The van der Waals surface area contributed by atoms with Gasteiger partial charge < -0.3 is 14.8 Å². The molecule has 1 rings (SSSR count). The minimum Gasteiger partial charge on any atom is -0.497 e. The molecule has 0 aliphatic heterocycles. The Morgan fingerprint density at radius 1 is 1.27 bits per heavy atom. The zero-order valence-corrected chi connectivity index (χ0v) is 8.95. The van der Waals surface area contributed by atoms with E-state index in [0.29, 0.717) is 18.7 Å². The van der Waals surface area contributed by atoms with E-state index in [1.165, 1.54) is 0 Å². The number of hydrogen-bond acceptors (Lipinski definition) is 3. The summed E-state index contributed by atoms with van der Waals surface area (Å²) in [6.45, 7) is 1.03. The quantitative estimate of drug-likeness (QED) is 0.738. The van der Waals surface area contributed by atoms with Gasteiger partial charge in [-0.1, -0.05) is 0 Å². The van der Waals surface area contributed by atoms with Crippen molar-refractivity contribution in [2.75, 3.05) is 27.4 Å². The number of amides is 1. The molecule has 4 nitrogen and oxygen atoms in total. The molecule has 0 unspecified atom stereocenters. The van der Waals surface area contributed by atoms with Gasteiger partial charge in [0.2, 0.25) is 0 Å². The Kier molecular flexibility index (Phi) is 4.63. The first-order chi connectivity index (χ1) is 7.27. The molecule has 0 aliphatic rings. The largest absolute Gasteiger partial charge is 0.497 e. The molecule has 4 heteroatoms. The summed E-state index contributed by atoms with van der Waals surface area (Å²) in [5.74, 6) is 0.637. The summed E-state index contributed by atoms with van der Waals surface area (Å²) in [4.78, 5) is 11.5. The Balaban J connectivity index is 2.50. The fourth-order valence-electron chi connectivity index (χ4n) is 1.11. The van der Waals surface area contributed by atoms with E-state index in [1.807, 2.05) is 0 Å². The fourth-order valence-corrected chi connectivity index (χ4v) is 1.11. The lowest BCUT2D eigenvalue weighted by Gasteiger charge is -2.05. The second kappa shape index (κ2) is 6.03. The van der Waals surface area contributed by atoms with Crippen molar-refractivity contribution in [2.24, 2.45) is 0 Å². The molecule has 82 valence electrons. The van der Waals surface area contributed by atoms with Gasteiger partial charge in [-0.2, -0.15) is 0 Å². The molecule has 0 spiro atoms. The highest BCUT2D eigenvalue weighted by molar-refractivity contribution is 5.94. The van der Waals surface area contributed by atoms with Crippen LogP contribution in [0.5, 0.6) is 5.75 Å². The summed E-state index contributed by atoms with van der Waals surface area (Å²) in [6.07, 6.45) is 0. The Morgan fingerprint density at radius 2 is 1.93 bits per heavy atom. The zero-order valence-electron chi connectivity index (χ0n) is 8.95. The van der Waals surface area contributed by atoms with Gasteiger partial charge in [0.05, 0.1) is 13.7 Å². The molecule has 0 bridgehead atoms. The average molecular weight is 209 g/mol. The molecule has 0 atom stereocenters. The first kappa shape index (κ1) is 11.5. The van der Waals surface area contributed by atoms with Crippen LogP contribution < -0.4 is 10.1 Å². The topological polar surface area (TPSA) is 47.6 Å². The van der Waals surface area contributed by atoms with Crippen LogP contribution in [0.2, 0.25) is 0 Å². The van der Waals surface area contributed by atoms with E-state index in [2.05, 4.69) is 5.32 Å². The van der Waals surface area contributed by atoms with E-state index < -0.39 is 0 Å². The molecule has 0 fully saturated rings. The molecule has 0 aliphatic carbocycles. The summed E-state index contributed by atoms with van der Waals surface area (Å²) in [6, 6.07) is 6.96. The minimum atomic E-state index is -0.102. The predicted molar refractivity (Wildman–Crippen MR) is 57.2 cm³/mol. The van der Waals surface area contributed by atoms with E-state index in [1.54, 1.807) is 38.5 Å². The number of carbonyl (C=O) groups excluding carboxylic acids is 1. The van der Waals surface area contributed by atoms with Gasteiger partial charge in [-0.25, -0.2) is 0 Å². The van der Waals surface area contributed by atoms with E-state index in [4.69, 9.17) is 9.47 Å². The second-order valence-electron chi connectivity index (χ2n) is 2.98. The summed E-state index contributed by atoms with van der Waals surface area (Å²) < 4.78 is 9.83. The summed E-state index contributed by atoms with van der Waals surface area (Å²) >= 11 is 0. The third kappa shape index (κ3) is 3.59. The summed E-state index contributed by atoms with van der Waals surface area (Å²) in [7, 11) is 3.19. The van der Waals surface area contributed by atoms with Crippen LogP contribution in [-0.2, 0) is 4.74 Å². The molecule has 1 aromatic rings. The molecule has 0 saturated carbocycles. The Hall–Kier alpha value is -1.55. The van der Waals surface area contributed by atoms with Crippen LogP contribution in [0, 0.1) is 0 Å². The normalized spacial score (nSPS) is 9.73. The number of rotatable bonds is 5. The average Bonchev–Trinajstić information content (AvgIpc) is 2.29. The molecule has 0 aromatic heterocycles. The molecule has 1 N–H and O–H groups in total. The zero-order chi connectivity index (χ0) is 11.1. The summed E-state index contributed by atoms with van der Waals surface area (Å²) in [5.41, 5.74) is 0.618. The van der Waals surface area contributed by atoms with Crippen LogP contribution in [0.15, 0.2) is 24.3 Å². The first-order valence-corrected chi connectivity index (χ1v) is 4.69. The molecular formula is C11H15NO3. The molecule has 1 aromatic carbocycles. The lowest BCUT2D eigenvalue weighted by molar-refractivity contribution is 0.0937. The van der Waals surface area contributed by atoms with Crippen molar-refractivity contribution in [1.29, 1.82) is 0 Å². The smallest absolute Gasteiger partial charge is 0.251 e. The van der Waals surface area contributed by atoms with Gasteiger partial charge in [0.25, 0.3) is 5.91 Å². The monoisotopic (exact) mass is 209 g/mol. The van der Waals surface area contributed by atoms with Crippen molar-refractivity contribution in [2.45, 2.75) is 0 Å². The Bertz CT molecular complexity index is 308. The van der Waals surface area contributed by atoms with Crippen LogP contribution in [0.25, 0.3) is 0 Å². The third-order valence-electron chi connectivity index (χ3n) is 1.94. The lowest BCUT2D eigenvalue weighted by atomic mass is 10.2. The van der Waals surface area contributed by atoms with Crippen molar-refractivity contribution in [3.8, 4) is 5.75 Å². The van der Waals surface area contributed by atoms with Crippen molar-refractivity contribution in [3.05, 3.63) is 29.8 Å². The summed E-state index contributed by atoms with van der Waals surface area (Å²) in [5, 5.41) is 2.73. The van der Waals surface area contributed by atoms with E-state index in [9.17, 15) is 4.79 Å². The number of ether oxygens (including phenoxy) is 2. The molecule has 0 radical (unpaired) electrons. The van der Waals surface area contributed by atoms with Gasteiger partial charge in [-0.3, -0.25) is 4.79 Å². The minimum absolute atomic E-state index is 0.102. The number of benzene rings is 1. The molecule has 1 amide bonds.